The molecule has 0 aromatic heterocycles. The Hall–Kier alpha value is 0.210. The van der Waals surface area contributed by atoms with Crippen molar-refractivity contribution in [3.05, 3.63) is 18.5 Å². The minimum absolute atomic E-state index is 0.664. The number of hydrogen-bond acceptors (Lipinski definition) is 4. The molecule has 1 aliphatic heterocycles. The first-order valence-corrected chi connectivity index (χ1v) is 7.85. The van der Waals surface area contributed by atoms with E-state index in [1.165, 1.54) is 22.6 Å². The SMILES string of the molecule is OCC(F)(F)C1=C(O)C(I)=C(C(F)(F)CO)C(O)=I1. The second-order valence-electron chi connectivity index (χ2n) is 3.46. The van der Waals surface area contributed by atoms with Crippen LogP contribution in [0.3, 0.4) is 0 Å². The monoisotopic (exact) mass is 510 g/mol. The lowest BCUT2D eigenvalue weighted by Gasteiger charge is -2.25. The van der Waals surface area contributed by atoms with Gasteiger partial charge in [0.1, 0.15) is 26.2 Å². The maximum absolute atomic E-state index is 13.4. The summed E-state index contributed by atoms with van der Waals surface area (Å²) < 4.78 is 50.8. The molecule has 19 heavy (non-hydrogen) atoms. The molecular formula is C9H8F4I2O4. The average molecular weight is 510 g/mol. The molecule has 0 aromatic carbocycles. The number of allylic oxidation sites excluding steroid dienone is 1. The van der Waals surface area contributed by atoms with Crippen LogP contribution in [0.25, 0.3) is 0 Å². The summed E-state index contributed by atoms with van der Waals surface area (Å²) in [7, 11) is 0. The van der Waals surface area contributed by atoms with Gasteiger partial charge < -0.3 is 20.4 Å². The highest BCUT2D eigenvalue weighted by molar-refractivity contribution is 14.2. The van der Waals surface area contributed by atoms with Crippen LogP contribution in [0.2, 0.25) is 0 Å². The number of hydrogen-bond donors (Lipinski definition) is 4. The minimum atomic E-state index is -3.84. The van der Waals surface area contributed by atoms with Gasteiger partial charge in [-0.25, -0.2) is 0 Å². The van der Waals surface area contributed by atoms with E-state index in [-0.39, 0.29) is 0 Å². The van der Waals surface area contributed by atoms with Crippen LogP contribution in [0.5, 0.6) is 0 Å². The molecule has 0 saturated heterocycles. The van der Waals surface area contributed by atoms with Crippen LogP contribution < -0.4 is 0 Å². The van der Waals surface area contributed by atoms with Gasteiger partial charge in [0.2, 0.25) is 0 Å². The lowest BCUT2D eigenvalue weighted by Crippen LogP contribution is -2.32. The molecular weight excluding hydrogens is 502 g/mol. The zero-order chi connectivity index (χ0) is 15.0. The Labute approximate surface area is 128 Å². The van der Waals surface area contributed by atoms with Crippen molar-refractivity contribution < 1.29 is 38.0 Å². The van der Waals surface area contributed by atoms with Crippen LogP contribution in [-0.2, 0) is 0 Å². The van der Waals surface area contributed by atoms with E-state index in [9.17, 15) is 27.8 Å². The fraction of sp³-hybridized carbons (Fsp3) is 0.444. The van der Waals surface area contributed by atoms with Gasteiger partial charge in [0.25, 0.3) is 5.92 Å². The quantitative estimate of drug-likeness (QED) is 0.346. The Morgan fingerprint density at radius 2 is 1.47 bits per heavy atom. The van der Waals surface area contributed by atoms with Crippen molar-refractivity contribution in [1.29, 1.82) is 0 Å². The zero-order valence-electron chi connectivity index (χ0n) is 8.97. The summed E-state index contributed by atoms with van der Waals surface area (Å²) in [6.07, 6.45) is 0. The summed E-state index contributed by atoms with van der Waals surface area (Å²) in [6.45, 7) is -3.23. The van der Waals surface area contributed by atoms with E-state index in [2.05, 4.69) is 0 Å². The summed E-state index contributed by atoms with van der Waals surface area (Å²) in [5.74, 6) is -8.70. The molecule has 0 saturated carbocycles. The van der Waals surface area contributed by atoms with Crippen LogP contribution in [0.4, 0.5) is 17.6 Å². The van der Waals surface area contributed by atoms with Gasteiger partial charge >= 0.3 is 5.92 Å². The molecule has 0 atom stereocenters. The smallest absolute Gasteiger partial charge is 0.304 e. The highest BCUT2D eigenvalue weighted by atomic mass is 127. The minimum Gasteiger partial charge on any atom is -0.506 e. The maximum atomic E-state index is 13.4. The largest absolute Gasteiger partial charge is 0.506 e. The number of rotatable bonds is 4. The van der Waals surface area contributed by atoms with Crippen molar-refractivity contribution in [3.63, 3.8) is 0 Å². The molecule has 0 fully saturated rings. The van der Waals surface area contributed by atoms with Gasteiger partial charge in [-0.2, -0.15) is 17.6 Å². The molecule has 0 aliphatic carbocycles. The Kier molecular flexibility index (Phi) is 5.37. The molecule has 1 heterocycles. The van der Waals surface area contributed by atoms with E-state index in [4.69, 9.17) is 10.2 Å². The first-order chi connectivity index (χ1) is 8.58. The summed E-state index contributed by atoms with van der Waals surface area (Å²) >= 11 is -0.969. The van der Waals surface area contributed by atoms with Gasteiger partial charge in [-0.15, -0.1) is 0 Å². The number of halogens is 6. The van der Waals surface area contributed by atoms with E-state index in [0.29, 0.717) is 0 Å². The van der Waals surface area contributed by atoms with E-state index < -0.39 is 68.0 Å². The fourth-order valence-electron chi connectivity index (χ4n) is 1.19. The van der Waals surface area contributed by atoms with E-state index in [1.807, 2.05) is 0 Å². The predicted molar refractivity (Wildman–Crippen MR) is 75.7 cm³/mol. The molecule has 0 aromatic rings. The Morgan fingerprint density at radius 3 is 1.89 bits per heavy atom. The van der Waals surface area contributed by atoms with Crippen molar-refractivity contribution >= 4 is 47.0 Å². The standard InChI is InChI=1S/C9H8F4I2O4/c10-8(11,1-16)3-4(14)5(18)6(15-7(3)19)9(12,13)2-17/h16-19H,1-2H2. The Bertz CT molecular complexity index is 485. The van der Waals surface area contributed by atoms with Crippen LogP contribution in [0, 0.1) is 0 Å². The normalized spacial score (nSPS) is 18.4. The first-order valence-electron chi connectivity index (χ1n) is 4.61. The average Bonchev–Trinajstić information content (AvgIpc) is 2.33. The number of alkyl halides is 4. The third-order valence-corrected chi connectivity index (χ3v) is 6.05. The summed E-state index contributed by atoms with van der Waals surface area (Å²) in [5, 5.41) is 36.2. The van der Waals surface area contributed by atoms with Crippen LogP contribution in [0.1, 0.15) is 0 Å². The lowest BCUT2D eigenvalue weighted by atomic mass is 10.1. The van der Waals surface area contributed by atoms with Gasteiger partial charge in [-0.3, -0.25) is 0 Å². The molecule has 4 nitrogen and oxygen atoms in total. The van der Waals surface area contributed by atoms with Crippen molar-refractivity contribution in [1.82, 2.24) is 0 Å². The molecule has 0 radical (unpaired) electrons. The lowest BCUT2D eigenvalue weighted by molar-refractivity contribution is -0.0134. The molecule has 0 spiro atoms. The van der Waals surface area contributed by atoms with Crippen molar-refractivity contribution in [3.8, 4) is 0 Å². The highest BCUT2D eigenvalue weighted by Gasteiger charge is 2.45. The van der Waals surface area contributed by atoms with Crippen molar-refractivity contribution in [2.45, 2.75) is 11.8 Å². The summed E-state index contributed by atoms with van der Waals surface area (Å²) in [6, 6.07) is 0. The maximum Gasteiger partial charge on any atom is 0.304 e. The number of aliphatic hydroxyl groups is 4. The summed E-state index contributed by atoms with van der Waals surface area (Å²) in [5.41, 5.74) is -1.04. The predicted octanol–water partition coefficient (Wildman–Crippen LogP) is 2.19. The van der Waals surface area contributed by atoms with Crippen LogP contribution >= 0.6 is 43.3 Å². The van der Waals surface area contributed by atoms with Gasteiger partial charge in [0.05, 0.1) is 9.15 Å². The third-order valence-electron chi connectivity index (χ3n) is 2.11. The molecule has 110 valence electrons. The van der Waals surface area contributed by atoms with Gasteiger partial charge in [0, 0.05) is 0 Å². The van der Waals surface area contributed by atoms with E-state index in [0.717, 1.165) is 0 Å². The van der Waals surface area contributed by atoms with Crippen molar-refractivity contribution in [2.24, 2.45) is 0 Å². The van der Waals surface area contributed by atoms with Crippen LogP contribution in [0.15, 0.2) is 18.5 Å². The number of aliphatic hydroxyl groups excluding tert-OH is 4. The third kappa shape index (κ3) is 3.28. The van der Waals surface area contributed by atoms with Gasteiger partial charge in [0.15, 0.2) is 0 Å². The second-order valence-corrected chi connectivity index (χ2v) is 7.18. The highest BCUT2D eigenvalue weighted by Crippen LogP contribution is 2.46. The van der Waals surface area contributed by atoms with E-state index in [1.54, 1.807) is 0 Å². The molecule has 4 N–H and O–H groups in total. The van der Waals surface area contributed by atoms with Gasteiger partial charge in [-0.05, 0) is 43.3 Å². The topological polar surface area (TPSA) is 80.9 Å². The fourth-order valence-corrected chi connectivity index (χ4v) is 5.68. The van der Waals surface area contributed by atoms with Gasteiger partial charge in [-0.1, -0.05) is 0 Å². The van der Waals surface area contributed by atoms with E-state index >= 15 is 0 Å². The first kappa shape index (κ1) is 17.3. The van der Waals surface area contributed by atoms with Crippen LogP contribution in [-0.4, -0.2) is 49.2 Å². The Balaban J connectivity index is 3.49. The van der Waals surface area contributed by atoms with Crippen molar-refractivity contribution in [2.75, 3.05) is 13.2 Å². The molecule has 1 rings (SSSR count). The molecule has 0 bridgehead atoms. The molecule has 0 amide bonds. The molecule has 10 heteroatoms. The summed E-state index contributed by atoms with van der Waals surface area (Å²) in [4.78, 5) is 0. The molecule has 0 unspecified atom stereocenters. The Morgan fingerprint density at radius 1 is 1.00 bits per heavy atom. The zero-order valence-corrected chi connectivity index (χ0v) is 13.3. The molecule has 1 aliphatic rings. The second kappa shape index (κ2) is 5.91.